The normalized spacial score (nSPS) is 11.3. The summed E-state index contributed by atoms with van der Waals surface area (Å²) in [6.45, 7) is 0.196. The largest absolute Gasteiger partial charge is 0.487 e. The van der Waals surface area contributed by atoms with Crippen LogP contribution in [0, 0.1) is 5.82 Å². The Balaban J connectivity index is 1.53. The predicted octanol–water partition coefficient (Wildman–Crippen LogP) is 2.83. The average Bonchev–Trinajstić information content (AvgIpc) is 3.22. The monoisotopic (exact) mass is 387 g/mol. The van der Waals surface area contributed by atoms with Gasteiger partial charge in [-0.25, -0.2) is 13.9 Å². The van der Waals surface area contributed by atoms with Crippen molar-refractivity contribution >= 4 is 22.6 Å². The first kappa shape index (κ1) is 17.3. The van der Waals surface area contributed by atoms with E-state index in [1.807, 2.05) is 6.07 Å². The van der Waals surface area contributed by atoms with E-state index in [9.17, 15) is 9.18 Å². The van der Waals surface area contributed by atoms with Crippen LogP contribution in [0.15, 0.2) is 47.4 Å². The van der Waals surface area contributed by atoms with Crippen LogP contribution in [0.1, 0.15) is 5.69 Å². The summed E-state index contributed by atoms with van der Waals surface area (Å²) < 4.78 is 23.7. The molecule has 2 aromatic carbocycles. The summed E-state index contributed by atoms with van der Waals surface area (Å²) in [4.78, 5) is 12.0. The molecule has 4 aromatic rings. The number of aromatic nitrogens is 5. The standard InChI is InChI=1S/C18H15ClFN5O2/c1-23-16-6-4-13(8-17(16)24(2)18(23)26)27-10-11-9-25(22-21-11)12-3-5-15(20)14(19)7-12/h3-9H,10H2,1-2H3. The second-order valence-corrected chi connectivity index (χ2v) is 6.50. The van der Waals surface area contributed by atoms with Crippen LogP contribution in [0.3, 0.4) is 0 Å². The van der Waals surface area contributed by atoms with Gasteiger partial charge in [0.15, 0.2) is 0 Å². The van der Waals surface area contributed by atoms with Gasteiger partial charge in [0.25, 0.3) is 0 Å². The van der Waals surface area contributed by atoms with Crippen molar-refractivity contribution < 1.29 is 9.13 Å². The summed E-state index contributed by atoms with van der Waals surface area (Å²) in [5, 5.41) is 8.07. The molecule has 9 heteroatoms. The molecular weight excluding hydrogens is 373 g/mol. The zero-order chi connectivity index (χ0) is 19.1. The molecule has 0 aliphatic heterocycles. The third kappa shape index (κ3) is 3.08. The number of benzene rings is 2. The maximum absolute atomic E-state index is 13.3. The number of fused-ring (bicyclic) bond motifs is 1. The first-order chi connectivity index (χ1) is 12.9. The first-order valence-corrected chi connectivity index (χ1v) is 8.47. The highest BCUT2D eigenvalue weighted by Crippen LogP contribution is 2.21. The van der Waals surface area contributed by atoms with Crippen LogP contribution >= 0.6 is 11.6 Å². The Kier molecular flexibility index (Phi) is 4.19. The van der Waals surface area contributed by atoms with Crippen LogP contribution in [0.4, 0.5) is 4.39 Å². The van der Waals surface area contributed by atoms with Crippen molar-refractivity contribution in [1.29, 1.82) is 0 Å². The van der Waals surface area contributed by atoms with Gasteiger partial charge in [0.1, 0.15) is 23.9 Å². The lowest BCUT2D eigenvalue weighted by Crippen LogP contribution is -2.19. The number of hydrogen-bond donors (Lipinski definition) is 0. The van der Waals surface area contributed by atoms with Gasteiger partial charge >= 0.3 is 5.69 Å². The van der Waals surface area contributed by atoms with Crippen molar-refractivity contribution in [2.24, 2.45) is 14.1 Å². The molecule has 0 saturated heterocycles. The number of nitrogens with zero attached hydrogens (tertiary/aromatic N) is 5. The fourth-order valence-electron chi connectivity index (χ4n) is 2.85. The summed E-state index contributed by atoms with van der Waals surface area (Å²) in [5.41, 5.74) is 2.71. The highest BCUT2D eigenvalue weighted by molar-refractivity contribution is 6.30. The number of ether oxygens (including phenoxy) is 1. The van der Waals surface area contributed by atoms with Gasteiger partial charge in [-0.3, -0.25) is 9.13 Å². The molecule has 0 unspecified atom stereocenters. The minimum atomic E-state index is -0.491. The minimum Gasteiger partial charge on any atom is -0.487 e. The number of hydrogen-bond acceptors (Lipinski definition) is 4. The number of imidazole rings is 1. The fraction of sp³-hybridized carbons (Fsp3) is 0.167. The number of rotatable bonds is 4. The summed E-state index contributed by atoms with van der Waals surface area (Å²) >= 11 is 5.80. The molecule has 0 saturated carbocycles. The molecule has 0 fully saturated rings. The predicted molar refractivity (Wildman–Crippen MR) is 98.8 cm³/mol. The van der Waals surface area contributed by atoms with E-state index < -0.39 is 5.82 Å². The molecule has 4 rings (SSSR count). The van der Waals surface area contributed by atoms with Gasteiger partial charge in [-0.1, -0.05) is 16.8 Å². The Hall–Kier alpha value is -3.13. The summed E-state index contributed by atoms with van der Waals surface area (Å²) in [6.07, 6.45) is 1.68. The zero-order valence-corrected chi connectivity index (χ0v) is 15.3. The topological polar surface area (TPSA) is 66.9 Å². The van der Waals surface area contributed by atoms with E-state index in [1.165, 1.54) is 16.8 Å². The van der Waals surface area contributed by atoms with Gasteiger partial charge in [0, 0.05) is 20.2 Å². The molecule has 138 valence electrons. The third-order valence-electron chi connectivity index (χ3n) is 4.34. The molecule has 27 heavy (non-hydrogen) atoms. The molecule has 0 radical (unpaired) electrons. The van der Waals surface area contributed by atoms with Crippen LogP contribution in [-0.2, 0) is 20.7 Å². The Bertz CT molecular complexity index is 1210. The Morgan fingerprint density at radius 1 is 1.11 bits per heavy atom. The van der Waals surface area contributed by atoms with Crippen molar-refractivity contribution in [3.05, 3.63) is 69.6 Å². The molecule has 0 aliphatic carbocycles. The highest BCUT2D eigenvalue weighted by Gasteiger charge is 2.10. The Morgan fingerprint density at radius 3 is 2.67 bits per heavy atom. The van der Waals surface area contributed by atoms with Crippen LogP contribution in [0.2, 0.25) is 5.02 Å². The summed E-state index contributed by atoms with van der Waals surface area (Å²) in [5.74, 6) is 0.123. The summed E-state index contributed by atoms with van der Waals surface area (Å²) in [6, 6.07) is 9.75. The number of aryl methyl sites for hydroxylation is 2. The van der Waals surface area contributed by atoms with Crippen LogP contribution in [0.25, 0.3) is 16.7 Å². The lowest BCUT2D eigenvalue weighted by Gasteiger charge is -2.05. The maximum atomic E-state index is 13.3. The minimum absolute atomic E-state index is 0.0163. The van der Waals surface area contributed by atoms with E-state index in [1.54, 1.807) is 47.6 Å². The molecule has 0 amide bonds. The molecule has 0 spiro atoms. The second kappa shape index (κ2) is 6.55. The van der Waals surface area contributed by atoms with Gasteiger partial charge in [0.2, 0.25) is 0 Å². The van der Waals surface area contributed by atoms with Gasteiger partial charge < -0.3 is 4.74 Å². The molecule has 2 aromatic heterocycles. The SMILES string of the molecule is Cn1c(=O)n(C)c2cc(OCc3cn(-c4ccc(F)c(Cl)c4)nn3)ccc21. The van der Waals surface area contributed by atoms with E-state index in [2.05, 4.69) is 10.3 Å². The van der Waals surface area contributed by atoms with Crippen molar-refractivity contribution in [3.8, 4) is 11.4 Å². The average molecular weight is 388 g/mol. The van der Waals surface area contributed by atoms with Crippen LogP contribution in [-0.4, -0.2) is 24.1 Å². The van der Waals surface area contributed by atoms with Crippen LogP contribution < -0.4 is 10.4 Å². The quantitative estimate of drug-likeness (QED) is 0.540. The second-order valence-electron chi connectivity index (χ2n) is 6.09. The maximum Gasteiger partial charge on any atom is 0.328 e. The molecule has 2 heterocycles. The highest BCUT2D eigenvalue weighted by atomic mass is 35.5. The van der Waals surface area contributed by atoms with E-state index in [-0.39, 0.29) is 17.3 Å². The molecule has 0 aliphatic rings. The lowest BCUT2D eigenvalue weighted by molar-refractivity contribution is 0.301. The third-order valence-corrected chi connectivity index (χ3v) is 4.63. The lowest BCUT2D eigenvalue weighted by atomic mass is 10.3. The van der Waals surface area contributed by atoms with E-state index in [0.717, 1.165) is 11.0 Å². The molecule has 0 atom stereocenters. The first-order valence-electron chi connectivity index (χ1n) is 8.09. The van der Waals surface area contributed by atoms with Crippen molar-refractivity contribution in [2.45, 2.75) is 6.61 Å². The molecule has 7 nitrogen and oxygen atoms in total. The Labute approximate surface area is 158 Å². The molecule has 0 bridgehead atoms. The van der Waals surface area contributed by atoms with Crippen molar-refractivity contribution in [2.75, 3.05) is 0 Å². The van der Waals surface area contributed by atoms with Gasteiger partial charge in [0.05, 0.1) is 27.9 Å². The van der Waals surface area contributed by atoms with Gasteiger partial charge in [-0.05, 0) is 30.3 Å². The fourth-order valence-corrected chi connectivity index (χ4v) is 3.03. The smallest absolute Gasteiger partial charge is 0.328 e. The van der Waals surface area contributed by atoms with E-state index in [4.69, 9.17) is 16.3 Å². The van der Waals surface area contributed by atoms with Crippen molar-refractivity contribution in [3.63, 3.8) is 0 Å². The number of halogens is 2. The van der Waals surface area contributed by atoms with E-state index in [0.29, 0.717) is 17.1 Å². The van der Waals surface area contributed by atoms with Crippen molar-refractivity contribution in [1.82, 2.24) is 24.1 Å². The van der Waals surface area contributed by atoms with Crippen LogP contribution in [0.5, 0.6) is 5.75 Å². The molecule has 0 N–H and O–H groups in total. The zero-order valence-electron chi connectivity index (χ0n) is 14.6. The summed E-state index contributed by atoms with van der Waals surface area (Å²) in [7, 11) is 3.44. The molecular formula is C18H15ClFN5O2. The Morgan fingerprint density at radius 2 is 1.89 bits per heavy atom. The van der Waals surface area contributed by atoms with Gasteiger partial charge in [-0.2, -0.15) is 0 Å². The van der Waals surface area contributed by atoms with E-state index >= 15 is 0 Å². The van der Waals surface area contributed by atoms with Gasteiger partial charge in [-0.15, -0.1) is 5.10 Å².